The Balaban J connectivity index is 1.66. The van der Waals surface area contributed by atoms with Crippen molar-refractivity contribution < 1.29 is 18.7 Å². The van der Waals surface area contributed by atoms with Crippen LogP contribution >= 0.6 is 24.0 Å². The molecule has 1 fully saturated rings. The Bertz CT molecular complexity index is 861. The fourth-order valence-electron chi connectivity index (χ4n) is 2.41. The zero-order valence-corrected chi connectivity index (χ0v) is 15.3. The Kier molecular flexibility index (Phi) is 5.75. The average Bonchev–Trinajstić information content (AvgIpc) is 3.19. The van der Waals surface area contributed by atoms with Gasteiger partial charge in [0.15, 0.2) is 0 Å². The maximum Gasteiger partial charge on any atom is 0.404 e. The molecule has 1 aromatic carbocycles. The Hall–Kier alpha value is -2.58. The molecule has 0 saturated carbocycles. The van der Waals surface area contributed by atoms with Gasteiger partial charge < -0.3 is 14.9 Å². The first-order valence-corrected chi connectivity index (χ1v) is 9.10. The minimum Gasteiger partial charge on any atom is -0.457 e. The van der Waals surface area contributed by atoms with E-state index >= 15 is 0 Å². The zero-order chi connectivity index (χ0) is 18.5. The van der Waals surface area contributed by atoms with Crippen LogP contribution in [0.5, 0.6) is 0 Å². The van der Waals surface area contributed by atoms with Gasteiger partial charge in [-0.3, -0.25) is 9.69 Å². The molecule has 0 unspecified atom stereocenters. The molecule has 2 aromatic rings. The summed E-state index contributed by atoms with van der Waals surface area (Å²) in [6, 6.07) is 13.4. The number of thioether (sulfide) groups is 1. The molecule has 6 nitrogen and oxygen atoms in total. The second-order valence-electron chi connectivity index (χ2n) is 5.42. The fourth-order valence-corrected chi connectivity index (χ4v) is 3.69. The highest BCUT2D eigenvalue weighted by molar-refractivity contribution is 8.26. The Morgan fingerprint density at radius 1 is 1.27 bits per heavy atom. The number of hydrogen-bond donors (Lipinski definition) is 1. The number of ether oxygens (including phenoxy) is 1. The zero-order valence-electron chi connectivity index (χ0n) is 13.7. The third-order valence-electron chi connectivity index (χ3n) is 3.60. The van der Waals surface area contributed by atoms with Crippen LogP contribution in [-0.4, -0.2) is 34.4 Å². The second kappa shape index (κ2) is 8.20. The van der Waals surface area contributed by atoms with Crippen LogP contribution in [0, 0.1) is 0 Å². The lowest BCUT2D eigenvalue weighted by Gasteiger charge is -2.13. The number of amides is 2. The number of nitrogens with two attached hydrogens (primary N) is 1. The van der Waals surface area contributed by atoms with Crippen LogP contribution in [0.2, 0.25) is 0 Å². The van der Waals surface area contributed by atoms with Crippen LogP contribution in [0.4, 0.5) is 4.79 Å². The monoisotopic (exact) mass is 388 g/mol. The van der Waals surface area contributed by atoms with Crippen LogP contribution in [0.1, 0.15) is 12.2 Å². The first-order valence-electron chi connectivity index (χ1n) is 7.87. The number of nitrogens with zero attached hydrogens (tertiary/aromatic N) is 1. The van der Waals surface area contributed by atoms with Crippen molar-refractivity contribution in [3.05, 3.63) is 53.1 Å². The van der Waals surface area contributed by atoms with Gasteiger partial charge in [-0.05, 0) is 18.6 Å². The van der Waals surface area contributed by atoms with E-state index in [9.17, 15) is 9.59 Å². The van der Waals surface area contributed by atoms with E-state index in [0.717, 1.165) is 11.3 Å². The normalized spacial score (nSPS) is 15.7. The number of carbonyl (C=O) groups excluding carboxylic acids is 2. The summed E-state index contributed by atoms with van der Waals surface area (Å²) < 4.78 is 10.9. The third-order valence-corrected chi connectivity index (χ3v) is 4.98. The maximum atomic E-state index is 12.5. The Morgan fingerprint density at radius 3 is 2.77 bits per heavy atom. The number of furan rings is 1. The lowest BCUT2D eigenvalue weighted by Crippen LogP contribution is -2.30. The number of benzene rings is 1. The third kappa shape index (κ3) is 4.33. The molecule has 1 aromatic heterocycles. The molecule has 1 aliphatic heterocycles. The van der Waals surface area contributed by atoms with Gasteiger partial charge in [-0.2, -0.15) is 0 Å². The summed E-state index contributed by atoms with van der Waals surface area (Å²) in [6.45, 7) is 0.507. The van der Waals surface area contributed by atoms with Gasteiger partial charge in [-0.15, -0.1) is 0 Å². The van der Waals surface area contributed by atoms with Gasteiger partial charge in [0.2, 0.25) is 0 Å². The molecule has 3 rings (SSSR count). The summed E-state index contributed by atoms with van der Waals surface area (Å²) in [5.41, 5.74) is 5.87. The van der Waals surface area contributed by atoms with Crippen molar-refractivity contribution in [2.45, 2.75) is 6.42 Å². The minimum atomic E-state index is -0.831. The van der Waals surface area contributed by atoms with Crippen molar-refractivity contribution in [2.24, 2.45) is 5.73 Å². The molecule has 2 N–H and O–H groups in total. The highest BCUT2D eigenvalue weighted by Crippen LogP contribution is 2.33. The molecule has 0 aliphatic carbocycles. The quantitative estimate of drug-likeness (QED) is 0.462. The smallest absolute Gasteiger partial charge is 0.404 e. The van der Waals surface area contributed by atoms with E-state index in [1.54, 1.807) is 6.08 Å². The van der Waals surface area contributed by atoms with Crippen molar-refractivity contribution in [3.63, 3.8) is 0 Å². The summed E-state index contributed by atoms with van der Waals surface area (Å²) in [4.78, 5) is 25.0. The molecule has 0 radical (unpaired) electrons. The van der Waals surface area contributed by atoms with Crippen LogP contribution in [0.25, 0.3) is 17.4 Å². The number of thiocarbonyl (C=S) groups is 1. The van der Waals surface area contributed by atoms with E-state index in [1.807, 2.05) is 42.5 Å². The average molecular weight is 388 g/mol. The molecule has 0 atom stereocenters. The van der Waals surface area contributed by atoms with Crippen molar-refractivity contribution in [2.75, 3.05) is 13.2 Å². The van der Waals surface area contributed by atoms with Gasteiger partial charge in [-0.1, -0.05) is 54.3 Å². The molecule has 1 aliphatic rings. The standard InChI is InChI=1S/C18H16N2O4S2/c19-17(22)23-10-4-9-20-16(21)15(26-18(20)25)11-13-7-8-14(24-13)12-5-2-1-3-6-12/h1-3,5-8,11H,4,9-10H2,(H2,19,22). The van der Waals surface area contributed by atoms with Crippen molar-refractivity contribution in [3.8, 4) is 11.3 Å². The van der Waals surface area contributed by atoms with Gasteiger partial charge >= 0.3 is 6.09 Å². The lowest BCUT2D eigenvalue weighted by molar-refractivity contribution is -0.122. The van der Waals surface area contributed by atoms with Crippen LogP contribution in [-0.2, 0) is 9.53 Å². The van der Waals surface area contributed by atoms with Crippen LogP contribution in [0.3, 0.4) is 0 Å². The Labute approximate surface area is 160 Å². The van der Waals surface area contributed by atoms with Gasteiger partial charge in [0, 0.05) is 18.2 Å². The summed E-state index contributed by atoms with van der Waals surface area (Å²) in [7, 11) is 0. The predicted molar refractivity (Wildman–Crippen MR) is 104 cm³/mol. The van der Waals surface area contributed by atoms with Crippen LogP contribution in [0.15, 0.2) is 51.8 Å². The van der Waals surface area contributed by atoms with E-state index in [0.29, 0.717) is 28.0 Å². The molecule has 8 heteroatoms. The number of carbonyl (C=O) groups is 2. The summed E-state index contributed by atoms with van der Waals surface area (Å²) in [5, 5.41) is 0. The molecule has 2 heterocycles. The molecule has 134 valence electrons. The fraction of sp³-hybridized carbons (Fsp3) is 0.167. The van der Waals surface area contributed by atoms with Gasteiger partial charge in [0.25, 0.3) is 5.91 Å². The lowest BCUT2D eigenvalue weighted by atomic mass is 10.2. The topological polar surface area (TPSA) is 85.8 Å². The maximum absolute atomic E-state index is 12.5. The van der Waals surface area contributed by atoms with E-state index < -0.39 is 6.09 Å². The second-order valence-corrected chi connectivity index (χ2v) is 7.10. The molecular weight excluding hydrogens is 372 g/mol. The van der Waals surface area contributed by atoms with Crippen molar-refractivity contribution in [1.29, 1.82) is 0 Å². The first kappa shape index (κ1) is 18.2. The number of rotatable bonds is 6. The molecule has 26 heavy (non-hydrogen) atoms. The molecular formula is C18H16N2O4S2. The SMILES string of the molecule is NC(=O)OCCCN1C(=O)C(=Cc2ccc(-c3ccccc3)o2)SC1=S. The van der Waals surface area contributed by atoms with E-state index in [1.165, 1.54) is 16.7 Å². The minimum absolute atomic E-state index is 0.143. The predicted octanol–water partition coefficient (Wildman–Crippen LogP) is 3.63. The van der Waals surface area contributed by atoms with Crippen LogP contribution < -0.4 is 5.73 Å². The summed E-state index contributed by atoms with van der Waals surface area (Å²) in [6.07, 6.45) is 1.31. The molecule has 0 spiro atoms. The van der Waals surface area contributed by atoms with Gasteiger partial charge in [-0.25, -0.2) is 4.79 Å². The van der Waals surface area contributed by atoms with Gasteiger partial charge in [0.1, 0.15) is 15.8 Å². The Morgan fingerprint density at radius 2 is 2.04 bits per heavy atom. The molecule has 1 saturated heterocycles. The summed E-state index contributed by atoms with van der Waals surface area (Å²) >= 11 is 6.48. The summed E-state index contributed by atoms with van der Waals surface area (Å²) in [5.74, 6) is 1.13. The van der Waals surface area contributed by atoms with Gasteiger partial charge in [0.05, 0.1) is 11.5 Å². The highest BCUT2D eigenvalue weighted by Gasteiger charge is 2.31. The van der Waals surface area contributed by atoms with E-state index in [2.05, 4.69) is 4.74 Å². The van der Waals surface area contributed by atoms with E-state index in [-0.39, 0.29) is 12.5 Å². The largest absolute Gasteiger partial charge is 0.457 e. The number of primary amides is 1. The molecule has 2 amide bonds. The highest BCUT2D eigenvalue weighted by atomic mass is 32.2. The van der Waals surface area contributed by atoms with E-state index in [4.69, 9.17) is 22.4 Å². The van der Waals surface area contributed by atoms with Crippen molar-refractivity contribution in [1.82, 2.24) is 4.90 Å². The first-order chi connectivity index (χ1) is 12.5. The van der Waals surface area contributed by atoms with Crippen molar-refractivity contribution >= 4 is 46.4 Å². The molecule has 0 bridgehead atoms. The number of hydrogen-bond acceptors (Lipinski definition) is 6.